The maximum atomic E-state index is 12.2. The van der Waals surface area contributed by atoms with Crippen molar-refractivity contribution >= 4 is 5.91 Å². The van der Waals surface area contributed by atoms with Crippen LogP contribution in [0.1, 0.15) is 15.9 Å². The Morgan fingerprint density at radius 1 is 1.12 bits per heavy atom. The van der Waals surface area contributed by atoms with E-state index in [1.807, 2.05) is 0 Å². The minimum Gasteiger partial charge on any atom is -0.493 e. The summed E-state index contributed by atoms with van der Waals surface area (Å²) >= 11 is 0. The van der Waals surface area contributed by atoms with Crippen LogP contribution in [0.5, 0.6) is 17.4 Å². The van der Waals surface area contributed by atoms with Crippen LogP contribution in [-0.2, 0) is 6.54 Å². The molecule has 1 aromatic carbocycles. The molecule has 26 heavy (non-hydrogen) atoms. The number of pyridine rings is 1. The molecule has 1 amide bonds. The second-order valence-corrected chi connectivity index (χ2v) is 5.16. The summed E-state index contributed by atoms with van der Waals surface area (Å²) in [6, 6.07) is 7.60. The molecule has 0 aliphatic carbocycles. The lowest BCUT2D eigenvalue weighted by Gasteiger charge is -2.11. The molecule has 1 aromatic heterocycles. The van der Waals surface area contributed by atoms with Crippen LogP contribution in [0.25, 0.3) is 0 Å². The van der Waals surface area contributed by atoms with Crippen molar-refractivity contribution in [2.24, 2.45) is 0 Å². The summed E-state index contributed by atoms with van der Waals surface area (Å²) in [5.74, 6) is 0.359. The number of nitrogens with one attached hydrogen (secondary N) is 1. The van der Waals surface area contributed by atoms with E-state index in [9.17, 15) is 18.0 Å². The summed E-state index contributed by atoms with van der Waals surface area (Å²) in [6.45, 7) is -1.33. The first-order valence-electron chi connectivity index (χ1n) is 7.47. The standard InChI is InChI=1S/C17H17F3N2O4/c1-24-13-4-3-12(8-14(13)25-2)16(23)22-9-11-5-6-21-15(7-11)26-10-17(18,19)20/h3-8H,9-10H2,1-2H3,(H,22,23). The van der Waals surface area contributed by atoms with E-state index in [2.05, 4.69) is 15.0 Å². The van der Waals surface area contributed by atoms with Crippen molar-refractivity contribution in [2.75, 3.05) is 20.8 Å². The van der Waals surface area contributed by atoms with E-state index in [-0.39, 0.29) is 18.3 Å². The molecular formula is C17H17F3N2O4. The van der Waals surface area contributed by atoms with Gasteiger partial charge in [0.2, 0.25) is 5.88 Å². The second kappa shape index (κ2) is 8.41. The first kappa shape index (κ1) is 19.4. The zero-order chi connectivity index (χ0) is 19.2. The number of nitrogens with zero attached hydrogens (tertiary/aromatic N) is 1. The quantitative estimate of drug-likeness (QED) is 0.812. The number of ether oxygens (including phenoxy) is 3. The number of amides is 1. The predicted molar refractivity (Wildman–Crippen MR) is 86.5 cm³/mol. The number of rotatable bonds is 7. The third kappa shape index (κ3) is 5.54. The Morgan fingerprint density at radius 3 is 2.50 bits per heavy atom. The molecule has 0 radical (unpaired) electrons. The van der Waals surface area contributed by atoms with Crippen molar-refractivity contribution in [3.05, 3.63) is 47.7 Å². The number of carbonyl (C=O) groups excluding carboxylic acids is 1. The van der Waals surface area contributed by atoms with Gasteiger partial charge in [0.25, 0.3) is 5.91 Å². The maximum Gasteiger partial charge on any atom is 0.422 e. The number of carbonyl (C=O) groups is 1. The van der Waals surface area contributed by atoms with Crippen molar-refractivity contribution in [3.63, 3.8) is 0 Å². The van der Waals surface area contributed by atoms with Crippen LogP contribution >= 0.6 is 0 Å². The minimum atomic E-state index is -4.45. The Kier molecular flexibility index (Phi) is 6.26. The fraction of sp³-hybridized carbons (Fsp3) is 0.294. The summed E-state index contributed by atoms with van der Waals surface area (Å²) in [5.41, 5.74) is 0.899. The van der Waals surface area contributed by atoms with Crippen molar-refractivity contribution in [1.82, 2.24) is 10.3 Å². The van der Waals surface area contributed by atoms with Crippen LogP contribution in [0.2, 0.25) is 0 Å². The molecule has 1 heterocycles. The van der Waals surface area contributed by atoms with Gasteiger partial charge in [-0.25, -0.2) is 4.98 Å². The lowest BCUT2D eigenvalue weighted by Crippen LogP contribution is -2.23. The third-order valence-electron chi connectivity index (χ3n) is 3.28. The fourth-order valence-corrected chi connectivity index (χ4v) is 2.06. The molecule has 0 unspecified atom stereocenters. The Morgan fingerprint density at radius 2 is 1.85 bits per heavy atom. The minimum absolute atomic E-state index is 0.0953. The molecular weight excluding hydrogens is 353 g/mol. The van der Waals surface area contributed by atoms with Crippen LogP contribution in [0, 0.1) is 0 Å². The summed E-state index contributed by atoms with van der Waals surface area (Å²) in [7, 11) is 2.94. The molecule has 0 spiro atoms. The highest BCUT2D eigenvalue weighted by Gasteiger charge is 2.28. The number of halogens is 3. The maximum absolute atomic E-state index is 12.2. The van der Waals surface area contributed by atoms with E-state index in [0.717, 1.165) is 0 Å². The van der Waals surface area contributed by atoms with Gasteiger partial charge in [-0.2, -0.15) is 13.2 Å². The number of aromatic nitrogens is 1. The van der Waals surface area contributed by atoms with Crippen molar-refractivity contribution in [3.8, 4) is 17.4 Å². The summed E-state index contributed by atoms with van der Waals surface area (Å²) in [6.07, 6.45) is -3.14. The van der Waals surface area contributed by atoms with Gasteiger partial charge < -0.3 is 19.5 Å². The van der Waals surface area contributed by atoms with Crippen LogP contribution in [0.3, 0.4) is 0 Å². The molecule has 2 aromatic rings. The van der Waals surface area contributed by atoms with Crippen LogP contribution in [-0.4, -0.2) is 37.9 Å². The highest BCUT2D eigenvalue weighted by molar-refractivity contribution is 5.94. The van der Waals surface area contributed by atoms with Crippen molar-refractivity contribution < 1.29 is 32.2 Å². The second-order valence-electron chi connectivity index (χ2n) is 5.16. The average molecular weight is 370 g/mol. The Balaban J connectivity index is 1.99. The van der Waals surface area contributed by atoms with Gasteiger partial charge in [-0.05, 0) is 29.8 Å². The zero-order valence-corrected chi connectivity index (χ0v) is 14.1. The number of methoxy groups -OCH3 is 2. The first-order chi connectivity index (χ1) is 12.3. The number of hydrogen-bond donors (Lipinski definition) is 1. The van der Waals surface area contributed by atoms with Crippen molar-refractivity contribution in [2.45, 2.75) is 12.7 Å². The van der Waals surface area contributed by atoms with E-state index in [0.29, 0.717) is 22.6 Å². The lowest BCUT2D eigenvalue weighted by atomic mass is 10.2. The SMILES string of the molecule is COc1ccc(C(=O)NCc2ccnc(OCC(F)(F)F)c2)cc1OC. The van der Waals surface area contributed by atoms with Crippen LogP contribution in [0.4, 0.5) is 13.2 Å². The molecule has 0 atom stereocenters. The topological polar surface area (TPSA) is 69.7 Å². The smallest absolute Gasteiger partial charge is 0.422 e. The highest BCUT2D eigenvalue weighted by Crippen LogP contribution is 2.27. The molecule has 2 rings (SSSR count). The molecule has 0 aliphatic rings. The van der Waals surface area contributed by atoms with Crippen LogP contribution in [0.15, 0.2) is 36.5 Å². The third-order valence-corrected chi connectivity index (χ3v) is 3.28. The van der Waals surface area contributed by atoms with Crippen molar-refractivity contribution in [1.29, 1.82) is 0 Å². The molecule has 0 saturated heterocycles. The van der Waals surface area contributed by atoms with E-state index < -0.39 is 12.8 Å². The molecule has 0 bridgehead atoms. The van der Waals surface area contributed by atoms with Gasteiger partial charge in [-0.15, -0.1) is 0 Å². The van der Waals surface area contributed by atoms with E-state index in [1.165, 1.54) is 32.5 Å². The highest BCUT2D eigenvalue weighted by atomic mass is 19.4. The van der Waals surface area contributed by atoms with Gasteiger partial charge >= 0.3 is 6.18 Å². The predicted octanol–water partition coefficient (Wildman–Crippen LogP) is 2.97. The van der Waals surface area contributed by atoms with Gasteiger partial charge in [0.1, 0.15) is 0 Å². The lowest BCUT2D eigenvalue weighted by molar-refractivity contribution is -0.154. The molecule has 1 N–H and O–H groups in total. The summed E-state index contributed by atoms with van der Waals surface area (Å²) in [4.78, 5) is 15.9. The van der Waals surface area contributed by atoms with Crippen LogP contribution < -0.4 is 19.5 Å². The molecule has 0 saturated carbocycles. The van der Waals surface area contributed by atoms with Gasteiger partial charge in [0, 0.05) is 24.4 Å². The molecule has 0 aliphatic heterocycles. The number of hydrogen-bond acceptors (Lipinski definition) is 5. The monoisotopic (exact) mass is 370 g/mol. The normalized spacial score (nSPS) is 11.0. The first-order valence-corrected chi connectivity index (χ1v) is 7.47. The number of alkyl halides is 3. The zero-order valence-electron chi connectivity index (χ0n) is 14.1. The molecule has 6 nitrogen and oxygen atoms in total. The van der Waals surface area contributed by atoms with E-state index in [1.54, 1.807) is 18.2 Å². The fourth-order valence-electron chi connectivity index (χ4n) is 2.06. The van der Waals surface area contributed by atoms with Gasteiger partial charge in [-0.1, -0.05) is 0 Å². The van der Waals surface area contributed by atoms with E-state index in [4.69, 9.17) is 9.47 Å². The van der Waals surface area contributed by atoms with Gasteiger partial charge in [0.15, 0.2) is 18.1 Å². The average Bonchev–Trinajstić information content (AvgIpc) is 2.63. The van der Waals surface area contributed by atoms with Gasteiger partial charge in [0.05, 0.1) is 14.2 Å². The summed E-state index contributed by atoms with van der Waals surface area (Å²) < 4.78 is 51.3. The number of benzene rings is 1. The molecule has 0 fully saturated rings. The van der Waals surface area contributed by atoms with E-state index >= 15 is 0 Å². The summed E-state index contributed by atoms with van der Waals surface area (Å²) in [5, 5.41) is 2.66. The molecule has 140 valence electrons. The Labute approximate surface area is 147 Å². The Hall–Kier alpha value is -2.97. The Bertz CT molecular complexity index is 766. The largest absolute Gasteiger partial charge is 0.493 e. The van der Waals surface area contributed by atoms with Gasteiger partial charge in [-0.3, -0.25) is 4.79 Å². The molecule has 9 heteroatoms.